The molecule has 2 rings (SSSR count). The van der Waals surface area contributed by atoms with E-state index < -0.39 is 25.7 Å². The van der Waals surface area contributed by atoms with Crippen LogP contribution < -0.4 is 0 Å². The monoisotopic (exact) mass is 573 g/mol. The van der Waals surface area contributed by atoms with E-state index in [0.717, 1.165) is 28.6 Å². The molecule has 3 nitrogen and oxygen atoms in total. The van der Waals surface area contributed by atoms with Gasteiger partial charge in [-0.3, -0.25) is 0 Å². The summed E-state index contributed by atoms with van der Waals surface area (Å²) in [6.07, 6.45) is 0.0387. The largest absolute Gasteiger partial charge is 0.673 e. The fourth-order valence-corrected chi connectivity index (χ4v) is 9.53. The molecule has 10 heteroatoms. The van der Waals surface area contributed by atoms with Crippen LogP contribution in [0.4, 0.5) is 17.3 Å². The van der Waals surface area contributed by atoms with Gasteiger partial charge in [0.15, 0.2) is 13.2 Å². The van der Waals surface area contributed by atoms with Crippen LogP contribution in [0.25, 0.3) is 0 Å². The van der Waals surface area contributed by atoms with Crippen LogP contribution in [0.5, 0.6) is 0 Å². The molecule has 0 bridgehead atoms. The second-order valence-corrected chi connectivity index (χ2v) is 17.3. The number of benzene rings is 2. The van der Waals surface area contributed by atoms with Gasteiger partial charge in [-0.05, 0) is 54.2 Å². The zero-order valence-corrected chi connectivity index (χ0v) is 25.8. The molecule has 0 saturated carbocycles. The summed E-state index contributed by atoms with van der Waals surface area (Å²) in [6, 6.07) is 23.8. The fraction of sp³-hybridized carbons (Fsp3) is 0.500. The van der Waals surface area contributed by atoms with Gasteiger partial charge in [0.1, 0.15) is 5.41 Å². The summed E-state index contributed by atoms with van der Waals surface area (Å²) in [4.78, 5) is 0.836. The van der Waals surface area contributed by atoms with Crippen molar-refractivity contribution in [1.29, 1.82) is 0 Å². The molecule has 0 heterocycles. The SMILES string of the molecule is CC[Si](CC)(CC)O[C@@H](C(C)C)[C@@H](/C(C)=C\[S+](=O)(c1ccccc1)N(C)C)c1ccccc1.F[B-](F)(F)F. The van der Waals surface area contributed by atoms with Crippen LogP contribution in [0.2, 0.25) is 18.1 Å². The van der Waals surface area contributed by atoms with Gasteiger partial charge in [0.2, 0.25) is 10.1 Å². The molecule has 3 atom stereocenters. The van der Waals surface area contributed by atoms with E-state index in [-0.39, 0.29) is 12.0 Å². The van der Waals surface area contributed by atoms with Crippen molar-refractivity contribution in [1.82, 2.24) is 4.31 Å². The van der Waals surface area contributed by atoms with E-state index in [9.17, 15) is 21.5 Å². The lowest BCUT2D eigenvalue weighted by Crippen LogP contribution is -2.44. The van der Waals surface area contributed by atoms with E-state index in [0.29, 0.717) is 5.92 Å². The Morgan fingerprint density at radius 1 is 0.921 bits per heavy atom. The summed E-state index contributed by atoms with van der Waals surface area (Å²) in [5.74, 6) is 0.384. The molecule has 2 aromatic rings. The van der Waals surface area contributed by atoms with Crippen LogP contribution in [-0.4, -0.2) is 40.1 Å². The zero-order valence-electron chi connectivity index (χ0n) is 24.0. The first-order valence-corrected chi connectivity index (χ1v) is 17.3. The molecule has 0 aromatic heterocycles. The number of hydrogen-bond donors (Lipinski definition) is 0. The van der Waals surface area contributed by atoms with Crippen molar-refractivity contribution < 1.29 is 25.9 Å². The first kappa shape index (κ1) is 34.3. The van der Waals surface area contributed by atoms with Gasteiger partial charge in [-0.2, -0.15) is 0 Å². The molecule has 0 N–H and O–H groups in total. The highest BCUT2D eigenvalue weighted by Crippen LogP contribution is 2.39. The fourth-order valence-electron chi connectivity index (χ4n) is 4.57. The molecule has 1 unspecified atom stereocenters. The smallest absolute Gasteiger partial charge is 0.418 e. The van der Waals surface area contributed by atoms with Gasteiger partial charge in [0, 0.05) is 20.0 Å². The Kier molecular flexibility index (Phi) is 13.7. The summed E-state index contributed by atoms with van der Waals surface area (Å²) < 4.78 is 62.3. The molecule has 0 amide bonds. The summed E-state index contributed by atoms with van der Waals surface area (Å²) in [7, 11) is -6.57. The van der Waals surface area contributed by atoms with Gasteiger partial charge in [0.25, 0.3) is 0 Å². The van der Waals surface area contributed by atoms with E-state index in [1.807, 2.05) is 54.1 Å². The predicted octanol–water partition coefficient (Wildman–Crippen LogP) is 9.06. The van der Waals surface area contributed by atoms with Crippen molar-refractivity contribution in [2.24, 2.45) is 5.92 Å². The minimum Gasteiger partial charge on any atom is -0.418 e. The first-order chi connectivity index (χ1) is 17.6. The lowest BCUT2D eigenvalue weighted by Gasteiger charge is -2.39. The Morgan fingerprint density at radius 2 is 1.34 bits per heavy atom. The van der Waals surface area contributed by atoms with Crippen molar-refractivity contribution in [3.8, 4) is 0 Å². The maximum Gasteiger partial charge on any atom is 0.673 e. The lowest BCUT2D eigenvalue weighted by molar-refractivity contribution is 0.120. The maximum absolute atomic E-state index is 14.3. The topological polar surface area (TPSA) is 29.5 Å². The summed E-state index contributed by atoms with van der Waals surface area (Å²) >= 11 is 0. The summed E-state index contributed by atoms with van der Waals surface area (Å²) in [6.45, 7) is 13.5. The molecule has 0 saturated heterocycles. The second kappa shape index (κ2) is 15.1. The number of halogens is 4. The Labute approximate surface area is 229 Å². The molecular weight excluding hydrogens is 529 g/mol. The van der Waals surface area contributed by atoms with Crippen LogP contribution in [-0.2, 0) is 18.8 Å². The van der Waals surface area contributed by atoms with Crippen molar-refractivity contribution in [2.45, 2.75) is 76.6 Å². The molecule has 0 aliphatic rings. The molecule has 0 fully saturated rings. The molecule has 0 aliphatic carbocycles. The van der Waals surface area contributed by atoms with Gasteiger partial charge in [-0.25, -0.2) is 0 Å². The van der Waals surface area contributed by atoms with Crippen LogP contribution >= 0.6 is 0 Å². The van der Waals surface area contributed by atoms with E-state index in [2.05, 4.69) is 71.9 Å². The molecule has 0 spiro atoms. The Morgan fingerprint density at radius 3 is 1.71 bits per heavy atom. The van der Waals surface area contributed by atoms with Gasteiger partial charge in [-0.15, -0.1) is 4.31 Å². The Hall–Kier alpha value is -1.75. The van der Waals surface area contributed by atoms with E-state index in [4.69, 9.17) is 4.43 Å². The average molecular weight is 574 g/mol. The highest BCUT2D eigenvalue weighted by Gasteiger charge is 2.40. The van der Waals surface area contributed by atoms with Crippen LogP contribution in [0.15, 0.2) is 76.5 Å². The predicted molar refractivity (Wildman–Crippen MR) is 156 cm³/mol. The quantitative estimate of drug-likeness (QED) is 0.144. The number of rotatable bonds is 12. The number of hydrogen-bond acceptors (Lipinski definition) is 2. The van der Waals surface area contributed by atoms with E-state index in [1.54, 1.807) is 0 Å². The zero-order chi connectivity index (χ0) is 29.1. The third-order valence-electron chi connectivity index (χ3n) is 6.92. The van der Waals surface area contributed by atoms with E-state index in [1.165, 1.54) is 5.56 Å². The van der Waals surface area contributed by atoms with Crippen LogP contribution in [0, 0.1) is 5.92 Å². The maximum atomic E-state index is 14.3. The van der Waals surface area contributed by atoms with E-state index >= 15 is 0 Å². The van der Waals surface area contributed by atoms with Crippen LogP contribution in [0.1, 0.15) is 53.0 Å². The highest BCUT2D eigenvalue weighted by atomic mass is 32.3. The van der Waals surface area contributed by atoms with Crippen molar-refractivity contribution in [3.05, 3.63) is 77.2 Å². The van der Waals surface area contributed by atoms with Crippen molar-refractivity contribution in [3.63, 3.8) is 0 Å². The average Bonchev–Trinajstić information content (AvgIpc) is 2.86. The van der Waals surface area contributed by atoms with Gasteiger partial charge in [0.05, 0.1) is 6.10 Å². The van der Waals surface area contributed by atoms with Crippen molar-refractivity contribution >= 4 is 25.7 Å². The third-order valence-corrected chi connectivity index (χ3v) is 14.3. The van der Waals surface area contributed by atoms with Gasteiger partial charge < -0.3 is 21.7 Å². The standard InChI is InChI=1S/C28H44NO2SSi.BF4/c1-9-33(10-2,11-3)31-28(23(4)5)27(25-18-14-12-15-19-25)24(6)22-32(30,29(7)8)26-20-16-13-17-21-26;2-1(3,4)5/h12-23,27-28H,9-11H2,1-8H3;/q+1;-1/b24-22-;/t27-,28-,32?;/m0./s1. The summed E-state index contributed by atoms with van der Waals surface area (Å²) in [5.41, 5.74) is 2.33. The molecule has 0 aliphatic heterocycles. The third kappa shape index (κ3) is 10.1. The minimum atomic E-state index is -6.00. The van der Waals surface area contributed by atoms with Gasteiger partial charge in [-0.1, -0.05) is 87.4 Å². The molecule has 2 aromatic carbocycles. The normalized spacial score (nSPS) is 16.0. The highest BCUT2D eigenvalue weighted by molar-refractivity contribution is 8.03. The lowest BCUT2D eigenvalue weighted by atomic mass is 9.83. The molecule has 214 valence electrons. The molecular formula is C28H44BF4NO2SSi. The van der Waals surface area contributed by atoms with Crippen LogP contribution in [0.3, 0.4) is 0 Å². The van der Waals surface area contributed by atoms with Gasteiger partial charge >= 0.3 is 7.25 Å². The van der Waals surface area contributed by atoms with Crippen molar-refractivity contribution in [2.75, 3.05) is 14.1 Å². The first-order valence-electron chi connectivity index (χ1n) is 13.2. The minimum absolute atomic E-state index is 0.0387. The number of nitrogens with zero attached hydrogens (tertiary/aromatic N) is 1. The second-order valence-electron chi connectivity index (χ2n) is 10.0. The molecule has 38 heavy (non-hydrogen) atoms. The summed E-state index contributed by atoms with van der Waals surface area (Å²) in [5, 5.41) is 2.01. The Balaban J connectivity index is 0.00000132. The molecule has 0 radical (unpaired) electrons. The Bertz CT molecular complexity index is 1020.